The van der Waals surface area contributed by atoms with Crippen molar-refractivity contribution in [2.24, 2.45) is 0 Å². The van der Waals surface area contributed by atoms with Gasteiger partial charge in [-0.25, -0.2) is 0 Å². The van der Waals surface area contributed by atoms with E-state index in [4.69, 9.17) is 5.11 Å². The van der Waals surface area contributed by atoms with E-state index >= 15 is 0 Å². The Morgan fingerprint density at radius 2 is 1.94 bits per heavy atom. The van der Waals surface area contributed by atoms with Gasteiger partial charge in [-0.1, -0.05) is 12.1 Å². The maximum atomic E-state index is 11.4. The lowest BCUT2D eigenvalue weighted by Crippen LogP contribution is -2.31. The van der Waals surface area contributed by atoms with Gasteiger partial charge in [0.1, 0.15) is 0 Å². The average Bonchev–Trinajstić information content (AvgIpc) is 2.21. The lowest BCUT2D eigenvalue weighted by molar-refractivity contribution is -0.135. The highest BCUT2D eigenvalue weighted by Crippen LogP contribution is 2.16. The number of aliphatic carboxylic acids is 1. The van der Waals surface area contributed by atoms with Gasteiger partial charge in [-0.2, -0.15) is 0 Å². The summed E-state index contributed by atoms with van der Waals surface area (Å²) in [6.07, 6.45) is 0. The van der Waals surface area contributed by atoms with Gasteiger partial charge < -0.3 is 10.4 Å². The number of benzene rings is 1. The third-order valence-electron chi connectivity index (χ3n) is 1.71. The van der Waals surface area contributed by atoms with E-state index in [1.807, 2.05) is 18.2 Å². The van der Waals surface area contributed by atoms with Crippen molar-refractivity contribution in [2.45, 2.75) is 0 Å². The van der Waals surface area contributed by atoms with Crippen LogP contribution in [0, 0.1) is 3.57 Å². The summed E-state index contributed by atoms with van der Waals surface area (Å²) < 4.78 is 0.937. The highest BCUT2D eigenvalue weighted by atomic mass is 127. The summed E-state index contributed by atoms with van der Waals surface area (Å²) in [4.78, 5) is 21.6. The molecule has 3 N–H and O–H groups in total. The third kappa shape index (κ3) is 4.58. The van der Waals surface area contributed by atoms with Gasteiger partial charge in [0.2, 0.25) is 5.91 Å². The summed E-state index contributed by atoms with van der Waals surface area (Å²) >= 11 is 2.11. The molecule has 0 heterocycles. The zero-order chi connectivity index (χ0) is 12.0. The SMILES string of the molecule is O=C(O)CNCC(=O)Nc1ccccc1I. The predicted molar refractivity (Wildman–Crippen MR) is 68.3 cm³/mol. The van der Waals surface area contributed by atoms with Gasteiger partial charge in [-0.3, -0.25) is 14.9 Å². The van der Waals surface area contributed by atoms with Crippen molar-refractivity contribution in [1.29, 1.82) is 0 Å². The number of nitrogens with one attached hydrogen (secondary N) is 2. The first kappa shape index (κ1) is 12.9. The Bertz CT molecular complexity index is 395. The molecule has 0 fully saturated rings. The van der Waals surface area contributed by atoms with Crippen molar-refractivity contribution in [1.82, 2.24) is 5.32 Å². The molecule has 1 amide bonds. The van der Waals surface area contributed by atoms with E-state index < -0.39 is 5.97 Å². The van der Waals surface area contributed by atoms with Crippen LogP contribution >= 0.6 is 22.6 Å². The van der Waals surface area contributed by atoms with Crippen LogP contribution in [0.3, 0.4) is 0 Å². The molecule has 86 valence electrons. The van der Waals surface area contributed by atoms with Crippen molar-refractivity contribution in [2.75, 3.05) is 18.4 Å². The van der Waals surface area contributed by atoms with Crippen LogP contribution in [0.25, 0.3) is 0 Å². The zero-order valence-corrected chi connectivity index (χ0v) is 10.5. The molecule has 0 bridgehead atoms. The molecule has 0 unspecified atom stereocenters. The largest absolute Gasteiger partial charge is 0.480 e. The molecule has 0 aliphatic carbocycles. The quantitative estimate of drug-likeness (QED) is 0.700. The van der Waals surface area contributed by atoms with Crippen LogP contribution in [0.1, 0.15) is 0 Å². The van der Waals surface area contributed by atoms with Crippen LogP contribution in [0.5, 0.6) is 0 Å². The first-order valence-electron chi connectivity index (χ1n) is 4.56. The summed E-state index contributed by atoms with van der Waals surface area (Å²) in [6.45, 7) is -0.240. The summed E-state index contributed by atoms with van der Waals surface area (Å²) in [7, 11) is 0. The number of para-hydroxylation sites is 1. The molecule has 0 aromatic heterocycles. The Kier molecular flexibility index (Phi) is 5.20. The number of carboxylic acids is 1. The van der Waals surface area contributed by atoms with Crippen LogP contribution < -0.4 is 10.6 Å². The van der Waals surface area contributed by atoms with Crippen LogP contribution in [0.2, 0.25) is 0 Å². The fraction of sp³-hybridized carbons (Fsp3) is 0.200. The van der Waals surface area contributed by atoms with Gasteiger partial charge in [0.15, 0.2) is 0 Å². The van der Waals surface area contributed by atoms with Crippen molar-refractivity contribution in [3.05, 3.63) is 27.8 Å². The van der Waals surface area contributed by atoms with Gasteiger partial charge in [0.25, 0.3) is 0 Å². The predicted octanol–water partition coefficient (Wildman–Crippen LogP) is 0.904. The summed E-state index contributed by atoms with van der Waals surface area (Å²) in [5.41, 5.74) is 0.727. The minimum absolute atomic E-state index is 0.0166. The van der Waals surface area contributed by atoms with Crippen molar-refractivity contribution in [3.63, 3.8) is 0 Å². The fourth-order valence-electron chi connectivity index (χ4n) is 1.04. The molecule has 0 atom stereocenters. The molecule has 1 aromatic carbocycles. The second kappa shape index (κ2) is 6.44. The molecular formula is C10H11IN2O3. The molecule has 0 saturated carbocycles. The van der Waals surface area contributed by atoms with Crippen molar-refractivity contribution in [3.8, 4) is 0 Å². The monoisotopic (exact) mass is 334 g/mol. The minimum Gasteiger partial charge on any atom is -0.480 e. The molecule has 0 saturated heterocycles. The standard InChI is InChI=1S/C10H11IN2O3/c11-7-3-1-2-4-8(7)13-9(14)5-12-6-10(15)16/h1-4,12H,5-6H2,(H,13,14)(H,15,16). The van der Waals surface area contributed by atoms with E-state index in [1.165, 1.54) is 0 Å². The summed E-state index contributed by atoms with van der Waals surface area (Å²) in [6, 6.07) is 7.36. The Morgan fingerprint density at radius 3 is 2.56 bits per heavy atom. The summed E-state index contributed by atoms with van der Waals surface area (Å²) in [5.74, 6) is -1.24. The lowest BCUT2D eigenvalue weighted by atomic mass is 10.3. The number of carbonyl (C=O) groups excluding carboxylic acids is 1. The second-order valence-corrected chi connectivity index (χ2v) is 4.19. The third-order valence-corrected chi connectivity index (χ3v) is 2.65. The Hall–Kier alpha value is -1.15. The van der Waals surface area contributed by atoms with Crippen LogP contribution in [0.4, 0.5) is 5.69 Å². The van der Waals surface area contributed by atoms with E-state index in [0.717, 1.165) is 9.26 Å². The minimum atomic E-state index is -0.984. The van der Waals surface area contributed by atoms with E-state index in [2.05, 4.69) is 33.2 Å². The number of amides is 1. The van der Waals surface area contributed by atoms with Gasteiger partial charge in [-0.05, 0) is 34.7 Å². The number of hydrogen-bond acceptors (Lipinski definition) is 3. The number of halogens is 1. The maximum Gasteiger partial charge on any atom is 0.317 e. The highest BCUT2D eigenvalue weighted by molar-refractivity contribution is 14.1. The van der Waals surface area contributed by atoms with Gasteiger partial charge in [0.05, 0.1) is 18.8 Å². The normalized spacial score (nSPS) is 9.81. The molecule has 1 aromatic rings. The van der Waals surface area contributed by atoms with E-state index in [-0.39, 0.29) is 19.0 Å². The van der Waals surface area contributed by atoms with E-state index in [1.54, 1.807) is 6.07 Å². The summed E-state index contributed by atoms with van der Waals surface area (Å²) in [5, 5.41) is 13.6. The first-order chi connectivity index (χ1) is 7.59. The fourth-order valence-corrected chi connectivity index (χ4v) is 1.56. The highest BCUT2D eigenvalue weighted by Gasteiger charge is 2.05. The van der Waals surface area contributed by atoms with Crippen LogP contribution in [0.15, 0.2) is 24.3 Å². The van der Waals surface area contributed by atoms with E-state index in [9.17, 15) is 9.59 Å². The van der Waals surface area contributed by atoms with Crippen LogP contribution in [-0.4, -0.2) is 30.1 Å². The number of carboxylic acid groups (broad SMARTS) is 1. The second-order valence-electron chi connectivity index (χ2n) is 3.03. The van der Waals surface area contributed by atoms with Crippen molar-refractivity contribution < 1.29 is 14.7 Å². The Morgan fingerprint density at radius 1 is 1.25 bits per heavy atom. The molecule has 0 radical (unpaired) electrons. The Labute approximate surface area is 106 Å². The number of carbonyl (C=O) groups is 2. The molecule has 6 heteroatoms. The molecule has 5 nitrogen and oxygen atoms in total. The molecule has 1 rings (SSSR count). The number of hydrogen-bond donors (Lipinski definition) is 3. The molecular weight excluding hydrogens is 323 g/mol. The topological polar surface area (TPSA) is 78.4 Å². The lowest BCUT2D eigenvalue weighted by Gasteiger charge is -2.07. The molecule has 16 heavy (non-hydrogen) atoms. The van der Waals surface area contributed by atoms with Crippen LogP contribution in [-0.2, 0) is 9.59 Å². The average molecular weight is 334 g/mol. The molecule has 0 aliphatic rings. The zero-order valence-electron chi connectivity index (χ0n) is 8.37. The smallest absolute Gasteiger partial charge is 0.317 e. The Balaban J connectivity index is 2.40. The number of rotatable bonds is 5. The van der Waals surface area contributed by atoms with Gasteiger partial charge >= 0.3 is 5.97 Å². The molecule has 0 aliphatic heterocycles. The van der Waals surface area contributed by atoms with Crippen molar-refractivity contribution >= 4 is 40.2 Å². The van der Waals surface area contributed by atoms with Gasteiger partial charge in [0, 0.05) is 3.57 Å². The number of anilines is 1. The first-order valence-corrected chi connectivity index (χ1v) is 5.64. The maximum absolute atomic E-state index is 11.4. The van der Waals surface area contributed by atoms with Gasteiger partial charge in [-0.15, -0.1) is 0 Å². The molecule has 0 spiro atoms. The van der Waals surface area contributed by atoms with E-state index in [0.29, 0.717) is 0 Å².